The summed E-state index contributed by atoms with van der Waals surface area (Å²) in [6.07, 6.45) is 7.83. The number of hydrogen-bond donors (Lipinski definition) is 2. The minimum absolute atomic E-state index is 1.09. The second-order valence-electron chi connectivity index (χ2n) is 3.03. The van der Waals surface area contributed by atoms with E-state index in [1.165, 1.54) is 24.8 Å². The highest BCUT2D eigenvalue weighted by Crippen LogP contribution is 2.02. The first-order valence-corrected chi connectivity index (χ1v) is 4.76. The van der Waals surface area contributed by atoms with Crippen LogP contribution in [0.1, 0.15) is 25.3 Å². The van der Waals surface area contributed by atoms with E-state index in [9.17, 15) is 0 Å². The van der Waals surface area contributed by atoms with Crippen LogP contribution in [0.5, 0.6) is 0 Å². The third-order valence-corrected chi connectivity index (χ3v) is 1.98. The Kier molecular flexibility index (Phi) is 4.54. The second kappa shape index (κ2) is 5.84. The van der Waals surface area contributed by atoms with Crippen LogP contribution in [0.25, 0.3) is 0 Å². The quantitative estimate of drug-likeness (QED) is 0.621. The van der Waals surface area contributed by atoms with Crippen LogP contribution in [0, 0.1) is 0 Å². The predicted octanol–water partition coefficient (Wildman–Crippen LogP) is 1.95. The highest BCUT2D eigenvalue weighted by Gasteiger charge is 1.92. The lowest BCUT2D eigenvalue weighted by Crippen LogP contribution is -2.13. The number of rotatable bonds is 6. The second-order valence-corrected chi connectivity index (χ2v) is 3.03. The maximum atomic E-state index is 3.32. The van der Waals surface area contributed by atoms with Gasteiger partial charge in [0.1, 0.15) is 0 Å². The lowest BCUT2D eigenvalue weighted by atomic mass is 10.1. The van der Waals surface area contributed by atoms with E-state index in [2.05, 4.69) is 29.5 Å². The normalized spacial score (nSPS) is 10.4. The van der Waals surface area contributed by atoms with Gasteiger partial charge in [-0.1, -0.05) is 6.92 Å². The average Bonchev–Trinajstić information content (AvgIpc) is 2.57. The zero-order valence-corrected chi connectivity index (χ0v) is 7.77. The molecule has 0 fully saturated rings. The van der Waals surface area contributed by atoms with Gasteiger partial charge >= 0.3 is 0 Å². The number of hydrogen-bond acceptors (Lipinski definition) is 1. The molecule has 12 heavy (non-hydrogen) atoms. The van der Waals surface area contributed by atoms with Crippen LogP contribution < -0.4 is 5.32 Å². The summed E-state index contributed by atoms with van der Waals surface area (Å²) in [7, 11) is 0. The third kappa shape index (κ3) is 3.58. The standard InChI is InChI=1S/C10H18N2/c1-2-11-7-4-3-5-10-6-8-12-9-10/h6,8-9,11-12H,2-5,7H2,1H3. The molecule has 1 rings (SSSR count). The van der Waals surface area contributed by atoms with E-state index in [0.717, 1.165) is 13.1 Å². The van der Waals surface area contributed by atoms with Crippen molar-refractivity contribution < 1.29 is 0 Å². The number of H-pyrrole nitrogens is 1. The Morgan fingerprint density at radius 1 is 1.42 bits per heavy atom. The lowest BCUT2D eigenvalue weighted by Gasteiger charge is -1.99. The van der Waals surface area contributed by atoms with Crippen LogP contribution in [0.3, 0.4) is 0 Å². The fraction of sp³-hybridized carbons (Fsp3) is 0.600. The maximum absolute atomic E-state index is 3.32. The van der Waals surface area contributed by atoms with Crippen molar-refractivity contribution in [3.63, 3.8) is 0 Å². The molecule has 68 valence electrons. The summed E-state index contributed by atoms with van der Waals surface area (Å²) >= 11 is 0. The minimum atomic E-state index is 1.09. The minimum Gasteiger partial charge on any atom is -0.367 e. The van der Waals surface area contributed by atoms with E-state index in [-0.39, 0.29) is 0 Å². The van der Waals surface area contributed by atoms with Gasteiger partial charge in [-0.25, -0.2) is 0 Å². The average molecular weight is 166 g/mol. The van der Waals surface area contributed by atoms with Crippen LogP contribution in [-0.4, -0.2) is 18.1 Å². The van der Waals surface area contributed by atoms with Gasteiger partial charge in [-0.05, 0) is 44.0 Å². The lowest BCUT2D eigenvalue weighted by molar-refractivity contribution is 0.641. The molecule has 0 aliphatic rings. The molecular weight excluding hydrogens is 148 g/mol. The Morgan fingerprint density at radius 2 is 2.33 bits per heavy atom. The molecule has 2 N–H and O–H groups in total. The first kappa shape index (κ1) is 9.33. The number of nitrogens with one attached hydrogen (secondary N) is 2. The van der Waals surface area contributed by atoms with Gasteiger partial charge in [-0.2, -0.15) is 0 Å². The van der Waals surface area contributed by atoms with E-state index in [0.29, 0.717) is 0 Å². The van der Waals surface area contributed by atoms with Crippen molar-refractivity contribution in [3.05, 3.63) is 24.0 Å². The van der Waals surface area contributed by atoms with Crippen molar-refractivity contribution in [1.82, 2.24) is 10.3 Å². The fourth-order valence-corrected chi connectivity index (χ4v) is 1.27. The topological polar surface area (TPSA) is 27.8 Å². The predicted molar refractivity (Wildman–Crippen MR) is 52.3 cm³/mol. The first-order chi connectivity index (χ1) is 5.93. The molecule has 1 aromatic rings. The maximum Gasteiger partial charge on any atom is 0.00373 e. The first-order valence-electron chi connectivity index (χ1n) is 4.76. The van der Waals surface area contributed by atoms with Gasteiger partial charge in [0.05, 0.1) is 0 Å². The van der Waals surface area contributed by atoms with Crippen molar-refractivity contribution in [2.45, 2.75) is 26.2 Å². The summed E-state index contributed by atoms with van der Waals surface area (Å²) < 4.78 is 0. The zero-order valence-electron chi connectivity index (χ0n) is 7.77. The van der Waals surface area contributed by atoms with Gasteiger partial charge in [-0.3, -0.25) is 0 Å². The Labute approximate surface area is 74.4 Å². The fourth-order valence-electron chi connectivity index (χ4n) is 1.27. The number of aryl methyl sites for hydroxylation is 1. The van der Waals surface area contributed by atoms with Crippen LogP contribution in [0.15, 0.2) is 18.5 Å². The third-order valence-electron chi connectivity index (χ3n) is 1.98. The number of aromatic amines is 1. The molecule has 0 aliphatic heterocycles. The summed E-state index contributed by atoms with van der Waals surface area (Å²) in [5, 5.41) is 3.32. The van der Waals surface area contributed by atoms with Gasteiger partial charge < -0.3 is 10.3 Å². The molecule has 0 radical (unpaired) electrons. The summed E-state index contributed by atoms with van der Waals surface area (Å²) in [6.45, 7) is 4.39. The van der Waals surface area contributed by atoms with Crippen LogP contribution in [-0.2, 0) is 6.42 Å². The smallest absolute Gasteiger partial charge is 0.00373 e. The zero-order chi connectivity index (χ0) is 8.65. The van der Waals surface area contributed by atoms with Crippen molar-refractivity contribution >= 4 is 0 Å². The Hall–Kier alpha value is -0.760. The molecule has 0 saturated heterocycles. The van der Waals surface area contributed by atoms with Gasteiger partial charge in [0.25, 0.3) is 0 Å². The SMILES string of the molecule is CCNCCCCc1cc[nH]c1. The molecule has 2 nitrogen and oxygen atoms in total. The van der Waals surface area contributed by atoms with E-state index in [4.69, 9.17) is 0 Å². The largest absolute Gasteiger partial charge is 0.367 e. The highest BCUT2D eigenvalue weighted by atomic mass is 14.8. The van der Waals surface area contributed by atoms with Crippen LogP contribution in [0.4, 0.5) is 0 Å². The van der Waals surface area contributed by atoms with Crippen molar-refractivity contribution in [1.29, 1.82) is 0 Å². The Balaban J connectivity index is 1.96. The van der Waals surface area contributed by atoms with E-state index >= 15 is 0 Å². The van der Waals surface area contributed by atoms with Crippen LogP contribution in [0.2, 0.25) is 0 Å². The van der Waals surface area contributed by atoms with E-state index in [1.54, 1.807) is 0 Å². The van der Waals surface area contributed by atoms with Gasteiger partial charge in [0.15, 0.2) is 0 Å². The summed E-state index contributed by atoms with van der Waals surface area (Å²) in [6, 6.07) is 2.15. The van der Waals surface area contributed by atoms with Crippen molar-refractivity contribution in [3.8, 4) is 0 Å². The summed E-state index contributed by atoms with van der Waals surface area (Å²) in [5.74, 6) is 0. The molecule has 1 heterocycles. The van der Waals surface area contributed by atoms with Crippen LogP contribution >= 0.6 is 0 Å². The van der Waals surface area contributed by atoms with E-state index in [1.807, 2.05) is 6.20 Å². The van der Waals surface area contributed by atoms with Gasteiger partial charge in [0, 0.05) is 12.4 Å². The Morgan fingerprint density at radius 3 is 3.00 bits per heavy atom. The van der Waals surface area contributed by atoms with Crippen molar-refractivity contribution in [2.75, 3.05) is 13.1 Å². The molecule has 0 aliphatic carbocycles. The molecule has 0 amide bonds. The molecule has 1 aromatic heterocycles. The summed E-state index contributed by atoms with van der Waals surface area (Å²) in [4.78, 5) is 3.07. The van der Waals surface area contributed by atoms with E-state index < -0.39 is 0 Å². The van der Waals surface area contributed by atoms with Crippen molar-refractivity contribution in [2.24, 2.45) is 0 Å². The molecule has 2 heteroatoms. The molecule has 0 atom stereocenters. The molecule has 0 saturated carbocycles. The summed E-state index contributed by atoms with van der Waals surface area (Å²) in [5.41, 5.74) is 1.42. The van der Waals surface area contributed by atoms with Gasteiger partial charge in [0.2, 0.25) is 0 Å². The van der Waals surface area contributed by atoms with Gasteiger partial charge in [-0.15, -0.1) is 0 Å². The number of aromatic nitrogens is 1. The molecule has 0 unspecified atom stereocenters. The number of unbranched alkanes of at least 4 members (excludes halogenated alkanes) is 1. The monoisotopic (exact) mass is 166 g/mol. The Bertz CT molecular complexity index is 180. The molecule has 0 aromatic carbocycles. The highest BCUT2D eigenvalue weighted by molar-refractivity contribution is 5.07. The molecule has 0 bridgehead atoms. The molecular formula is C10H18N2. The molecule has 0 spiro atoms.